The minimum Gasteiger partial charge on any atom is -0.398 e. The van der Waals surface area contributed by atoms with Gasteiger partial charge in [-0.05, 0) is 29.7 Å². The number of aromatic nitrogens is 1. The van der Waals surface area contributed by atoms with Crippen LogP contribution in [0.5, 0.6) is 0 Å². The number of carbonyl (C=O) groups is 1. The Labute approximate surface area is 117 Å². The highest BCUT2D eigenvalue weighted by Gasteiger charge is 2.30. The van der Waals surface area contributed by atoms with Crippen LogP contribution in [0.25, 0.3) is 21.3 Å². The molecule has 0 saturated carbocycles. The molecule has 0 aliphatic heterocycles. The SMILES string of the molecule is Nc1ccc2snc3c2c1C(=O)c1cccc(Cl)c1-3. The molecule has 0 fully saturated rings. The molecular formula is C14H7ClN2OS. The second kappa shape index (κ2) is 3.56. The molecule has 0 amide bonds. The number of benzene rings is 2. The monoisotopic (exact) mass is 286 g/mol. The Bertz CT molecular complexity index is 869. The van der Waals surface area contributed by atoms with Crippen LogP contribution in [0.15, 0.2) is 30.3 Å². The number of halogens is 1. The first kappa shape index (κ1) is 11.0. The summed E-state index contributed by atoms with van der Waals surface area (Å²) in [6.45, 7) is 0. The van der Waals surface area contributed by atoms with Crippen molar-refractivity contribution in [2.24, 2.45) is 0 Å². The third-order valence-electron chi connectivity index (χ3n) is 3.39. The van der Waals surface area contributed by atoms with E-state index in [1.165, 1.54) is 11.5 Å². The molecule has 1 aromatic heterocycles. The molecular weight excluding hydrogens is 280 g/mol. The van der Waals surface area contributed by atoms with Crippen LogP contribution in [0.2, 0.25) is 5.02 Å². The maximum absolute atomic E-state index is 12.6. The summed E-state index contributed by atoms with van der Waals surface area (Å²) in [6, 6.07) is 8.96. The van der Waals surface area contributed by atoms with E-state index in [1.54, 1.807) is 24.3 Å². The van der Waals surface area contributed by atoms with Crippen molar-refractivity contribution in [1.82, 2.24) is 4.37 Å². The number of carbonyl (C=O) groups excluding carboxylic acids is 1. The van der Waals surface area contributed by atoms with Gasteiger partial charge in [-0.2, -0.15) is 4.37 Å². The highest BCUT2D eigenvalue weighted by atomic mass is 35.5. The molecule has 1 aliphatic rings. The molecule has 19 heavy (non-hydrogen) atoms. The summed E-state index contributed by atoms with van der Waals surface area (Å²) < 4.78 is 5.41. The summed E-state index contributed by atoms with van der Waals surface area (Å²) >= 11 is 7.60. The predicted molar refractivity (Wildman–Crippen MR) is 77.9 cm³/mol. The summed E-state index contributed by atoms with van der Waals surface area (Å²) in [5.74, 6) is -0.0756. The first-order valence-corrected chi connectivity index (χ1v) is 6.85. The Kier molecular flexibility index (Phi) is 2.05. The lowest BCUT2D eigenvalue weighted by atomic mass is 9.87. The third-order valence-corrected chi connectivity index (χ3v) is 4.52. The lowest BCUT2D eigenvalue weighted by molar-refractivity contribution is 0.104. The number of rotatable bonds is 0. The second-order valence-electron chi connectivity index (χ2n) is 4.43. The number of fused-ring (bicyclic) bond motifs is 2. The van der Waals surface area contributed by atoms with Gasteiger partial charge in [-0.3, -0.25) is 4.79 Å². The van der Waals surface area contributed by atoms with Crippen molar-refractivity contribution in [3.8, 4) is 11.3 Å². The van der Waals surface area contributed by atoms with Crippen molar-refractivity contribution in [1.29, 1.82) is 0 Å². The fraction of sp³-hybridized carbons (Fsp3) is 0. The van der Waals surface area contributed by atoms with E-state index < -0.39 is 0 Å². The molecule has 0 atom stereocenters. The zero-order valence-electron chi connectivity index (χ0n) is 9.61. The first-order chi connectivity index (χ1) is 9.18. The van der Waals surface area contributed by atoms with Gasteiger partial charge in [0.25, 0.3) is 0 Å². The zero-order chi connectivity index (χ0) is 13.1. The van der Waals surface area contributed by atoms with Crippen LogP contribution in [0.1, 0.15) is 15.9 Å². The van der Waals surface area contributed by atoms with Gasteiger partial charge in [0.2, 0.25) is 0 Å². The lowest BCUT2D eigenvalue weighted by Gasteiger charge is -2.17. The molecule has 1 heterocycles. The Hall–Kier alpha value is -1.91. The standard InChI is InChI=1S/C14H7ClN2OS/c15-7-3-1-2-6-10(7)13-12-9(19-17-13)5-4-8(16)11(12)14(6)18/h1-5H,16H2. The number of anilines is 1. The number of hydrogen-bond acceptors (Lipinski definition) is 4. The second-order valence-corrected chi connectivity index (χ2v) is 5.64. The predicted octanol–water partition coefficient (Wildman–Crippen LogP) is 3.74. The Morgan fingerprint density at radius 1 is 1.16 bits per heavy atom. The molecule has 2 N–H and O–H groups in total. The topological polar surface area (TPSA) is 56.0 Å². The van der Waals surface area contributed by atoms with E-state index in [0.29, 0.717) is 21.8 Å². The quantitative estimate of drug-likeness (QED) is 0.501. The van der Waals surface area contributed by atoms with Crippen LogP contribution >= 0.6 is 23.1 Å². The van der Waals surface area contributed by atoms with E-state index in [1.807, 2.05) is 6.07 Å². The van der Waals surface area contributed by atoms with Crippen LogP contribution in [0.4, 0.5) is 5.69 Å². The maximum Gasteiger partial charge on any atom is 0.196 e. The fourth-order valence-corrected chi connectivity index (χ4v) is 3.61. The molecule has 0 spiro atoms. The Morgan fingerprint density at radius 3 is 2.84 bits per heavy atom. The minimum atomic E-state index is -0.0756. The van der Waals surface area contributed by atoms with Crippen molar-refractivity contribution in [2.75, 3.05) is 5.73 Å². The summed E-state index contributed by atoms with van der Waals surface area (Å²) in [4.78, 5) is 12.6. The van der Waals surface area contributed by atoms with Gasteiger partial charge in [-0.15, -0.1) is 0 Å². The molecule has 1 aliphatic carbocycles. The van der Waals surface area contributed by atoms with Crippen LogP contribution in [-0.4, -0.2) is 10.2 Å². The largest absolute Gasteiger partial charge is 0.398 e. The van der Waals surface area contributed by atoms with Gasteiger partial charge in [-0.1, -0.05) is 23.7 Å². The van der Waals surface area contributed by atoms with Crippen molar-refractivity contribution < 1.29 is 4.79 Å². The number of nitrogen functional groups attached to an aromatic ring is 1. The van der Waals surface area contributed by atoms with Crippen LogP contribution < -0.4 is 5.73 Å². The molecule has 0 saturated heterocycles. The molecule has 0 radical (unpaired) electrons. The number of nitrogens with two attached hydrogens (primary N) is 1. The van der Waals surface area contributed by atoms with Crippen LogP contribution in [0.3, 0.4) is 0 Å². The average Bonchev–Trinajstić information content (AvgIpc) is 2.81. The normalized spacial score (nSPS) is 12.8. The van der Waals surface area contributed by atoms with Crippen LogP contribution in [0, 0.1) is 0 Å². The minimum absolute atomic E-state index is 0.0756. The van der Waals surface area contributed by atoms with Gasteiger partial charge in [0.15, 0.2) is 5.78 Å². The molecule has 0 bridgehead atoms. The van der Waals surface area contributed by atoms with E-state index in [0.717, 1.165) is 21.3 Å². The number of nitrogens with zero attached hydrogens (tertiary/aromatic N) is 1. The van der Waals surface area contributed by atoms with Crippen molar-refractivity contribution >= 4 is 44.7 Å². The average molecular weight is 287 g/mol. The fourth-order valence-electron chi connectivity index (χ4n) is 2.56. The summed E-state index contributed by atoms with van der Waals surface area (Å²) in [7, 11) is 0. The Morgan fingerprint density at radius 2 is 2.00 bits per heavy atom. The highest BCUT2D eigenvalue weighted by molar-refractivity contribution is 7.13. The molecule has 92 valence electrons. The Balaban J connectivity index is 2.29. The molecule has 3 nitrogen and oxygen atoms in total. The van der Waals surface area contributed by atoms with Crippen molar-refractivity contribution in [2.45, 2.75) is 0 Å². The first-order valence-electron chi connectivity index (χ1n) is 5.70. The van der Waals surface area contributed by atoms with E-state index in [9.17, 15) is 4.79 Å². The van der Waals surface area contributed by atoms with Gasteiger partial charge in [0, 0.05) is 22.2 Å². The van der Waals surface area contributed by atoms with E-state index in [4.69, 9.17) is 17.3 Å². The van der Waals surface area contributed by atoms with Crippen molar-refractivity contribution in [3.63, 3.8) is 0 Å². The van der Waals surface area contributed by atoms with E-state index >= 15 is 0 Å². The molecule has 2 aromatic carbocycles. The third kappa shape index (κ3) is 1.27. The maximum atomic E-state index is 12.6. The summed E-state index contributed by atoms with van der Waals surface area (Å²) in [5.41, 5.74) is 9.07. The van der Waals surface area contributed by atoms with Gasteiger partial charge in [0.1, 0.15) is 0 Å². The van der Waals surface area contributed by atoms with Crippen molar-refractivity contribution in [3.05, 3.63) is 46.5 Å². The smallest absolute Gasteiger partial charge is 0.196 e. The number of ketones is 1. The zero-order valence-corrected chi connectivity index (χ0v) is 11.2. The molecule has 3 aromatic rings. The summed E-state index contributed by atoms with van der Waals surface area (Å²) in [5, 5.41) is 1.38. The molecule has 0 unspecified atom stereocenters. The van der Waals surface area contributed by atoms with Gasteiger partial charge in [-0.25, -0.2) is 0 Å². The van der Waals surface area contributed by atoms with Gasteiger partial charge in [0.05, 0.1) is 21.0 Å². The van der Waals surface area contributed by atoms with Gasteiger partial charge < -0.3 is 5.73 Å². The highest BCUT2D eigenvalue weighted by Crippen LogP contribution is 2.45. The van der Waals surface area contributed by atoms with Crippen LogP contribution in [-0.2, 0) is 0 Å². The number of hydrogen-bond donors (Lipinski definition) is 1. The van der Waals surface area contributed by atoms with E-state index in [-0.39, 0.29) is 5.78 Å². The lowest BCUT2D eigenvalue weighted by Crippen LogP contribution is -2.12. The molecule has 5 heteroatoms. The molecule has 4 rings (SSSR count). The summed E-state index contributed by atoms with van der Waals surface area (Å²) in [6.07, 6.45) is 0. The van der Waals surface area contributed by atoms with Gasteiger partial charge >= 0.3 is 0 Å². The van der Waals surface area contributed by atoms with E-state index in [2.05, 4.69) is 4.37 Å².